The number of anilines is 1. The summed E-state index contributed by atoms with van der Waals surface area (Å²) in [5.41, 5.74) is 3.17. The van der Waals surface area contributed by atoms with E-state index in [-0.39, 0.29) is 12.6 Å². The van der Waals surface area contributed by atoms with Gasteiger partial charge in [0, 0.05) is 18.8 Å². The number of rotatable bonds is 3. The summed E-state index contributed by atoms with van der Waals surface area (Å²) in [6.45, 7) is 4.90. The fourth-order valence-electron chi connectivity index (χ4n) is 2.48. The molecule has 0 aliphatic carbocycles. The lowest BCUT2D eigenvalue weighted by Gasteiger charge is -2.17. The summed E-state index contributed by atoms with van der Waals surface area (Å²) >= 11 is 0. The van der Waals surface area contributed by atoms with Crippen molar-refractivity contribution in [3.63, 3.8) is 0 Å². The number of benzene rings is 1. The number of carboxylic acids is 1. The molecule has 2 N–H and O–H groups in total. The highest BCUT2D eigenvalue weighted by atomic mass is 16.4. The molecule has 1 aliphatic heterocycles. The van der Waals surface area contributed by atoms with Crippen molar-refractivity contribution >= 4 is 17.7 Å². The lowest BCUT2D eigenvalue weighted by molar-refractivity contribution is -0.141. The predicted octanol–water partition coefficient (Wildman–Crippen LogP) is 2.50. The number of likely N-dealkylation sites (tertiary alicyclic amines) is 1. The van der Waals surface area contributed by atoms with Crippen molar-refractivity contribution in [2.75, 3.05) is 18.4 Å². The maximum atomic E-state index is 12.1. The van der Waals surface area contributed by atoms with E-state index in [0.29, 0.717) is 13.0 Å². The van der Waals surface area contributed by atoms with E-state index >= 15 is 0 Å². The number of hydrogen-bond acceptors (Lipinski definition) is 2. The quantitative estimate of drug-likeness (QED) is 0.891. The van der Waals surface area contributed by atoms with E-state index in [4.69, 9.17) is 5.11 Å². The fourth-order valence-corrected chi connectivity index (χ4v) is 2.48. The monoisotopic (exact) mass is 276 g/mol. The second-order valence-electron chi connectivity index (χ2n) is 5.19. The van der Waals surface area contributed by atoms with Gasteiger partial charge in [-0.25, -0.2) is 4.79 Å². The van der Waals surface area contributed by atoms with Crippen molar-refractivity contribution in [1.82, 2.24) is 4.90 Å². The minimum absolute atomic E-state index is 0.223. The summed E-state index contributed by atoms with van der Waals surface area (Å²) in [7, 11) is 0. The molecule has 1 atom stereocenters. The zero-order valence-corrected chi connectivity index (χ0v) is 11.8. The van der Waals surface area contributed by atoms with Crippen LogP contribution >= 0.6 is 0 Å². The third kappa shape index (κ3) is 3.10. The average Bonchev–Trinajstić information content (AvgIpc) is 2.91. The molecule has 5 nitrogen and oxygen atoms in total. The number of carbonyl (C=O) groups excluding carboxylic acids is 1. The molecule has 1 heterocycles. The van der Waals surface area contributed by atoms with Gasteiger partial charge in [-0.05, 0) is 43.0 Å². The molecule has 20 heavy (non-hydrogen) atoms. The summed E-state index contributed by atoms with van der Waals surface area (Å²) in [5.74, 6) is -1.27. The number of aliphatic carboxylic acids is 1. The molecular formula is C15H20N2O3. The Hall–Kier alpha value is -2.04. The molecule has 2 rings (SSSR count). The highest BCUT2D eigenvalue weighted by molar-refractivity contribution is 5.90. The van der Waals surface area contributed by atoms with Gasteiger partial charge >= 0.3 is 12.0 Å². The van der Waals surface area contributed by atoms with Crippen molar-refractivity contribution < 1.29 is 14.7 Å². The maximum Gasteiger partial charge on any atom is 0.321 e. The summed E-state index contributed by atoms with van der Waals surface area (Å²) in [6.07, 6.45) is 1.44. The molecule has 1 aromatic rings. The van der Waals surface area contributed by atoms with Gasteiger partial charge in [-0.3, -0.25) is 4.79 Å². The SMILES string of the molecule is CCc1cc(NC(=O)N2CCC(C(=O)O)C2)ccc1C. The van der Waals surface area contributed by atoms with Crippen molar-refractivity contribution in [3.05, 3.63) is 29.3 Å². The Labute approximate surface area is 118 Å². The van der Waals surface area contributed by atoms with Gasteiger partial charge in [0.15, 0.2) is 0 Å². The van der Waals surface area contributed by atoms with Crippen LogP contribution in [0.4, 0.5) is 10.5 Å². The maximum absolute atomic E-state index is 12.1. The molecule has 0 radical (unpaired) electrons. The van der Waals surface area contributed by atoms with E-state index in [1.54, 1.807) is 4.90 Å². The van der Waals surface area contributed by atoms with Gasteiger partial charge in [0.25, 0.3) is 0 Å². The standard InChI is InChI=1S/C15H20N2O3/c1-3-11-8-13(5-4-10(11)2)16-15(20)17-7-6-12(9-17)14(18)19/h4-5,8,12H,3,6-7,9H2,1-2H3,(H,16,20)(H,18,19). The summed E-state index contributed by atoms with van der Waals surface area (Å²) in [5, 5.41) is 11.8. The van der Waals surface area contributed by atoms with Crippen LogP contribution in [-0.2, 0) is 11.2 Å². The van der Waals surface area contributed by atoms with Crippen LogP contribution in [0.3, 0.4) is 0 Å². The van der Waals surface area contributed by atoms with E-state index < -0.39 is 11.9 Å². The third-order valence-electron chi connectivity index (χ3n) is 3.81. The van der Waals surface area contributed by atoms with Gasteiger partial charge in [0.2, 0.25) is 0 Å². The molecule has 0 bridgehead atoms. The van der Waals surface area contributed by atoms with Crippen LogP contribution in [-0.4, -0.2) is 35.1 Å². The van der Waals surface area contributed by atoms with Gasteiger partial charge in [-0.1, -0.05) is 13.0 Å². The van der Waals surface area contributed by atoms with E-state index in [1.807, 2.05) is 25.1 Å². The number of urea groups is 1. The van der Waals surface area contributed by atoms with Crippen molar-refractivity contribution in [3.8, 4) is 0 Å². The smallest absolute Gasteiger partial charge is 0.321 e. The molecule has 1 saturated heterocycles. The number of nitrogens with one attached hydrogen (secondary N) is 1. The lowest BCUT2D eigenvalue weighted by atomic mass is 10.1. The van der Waals surface area contributed by atoms with Crippen molar-refractivity contribution in [1.29, 1.82) is 0 Å². The van der Waals surface area contributed by atoms with E-state index in [2.05, 4.69) is 12.2 Å². The Bertz CT molecular complexity index is 528. The minimum atomic E-state index is -0.830. The third-order valence-corrected chi connectivity index (χ3v) is 3.81. The highest BCUT2D eigenvalue weighted by Crippen LogP contribution is 2.19. The Kier molecular flexibility index (Phi) is 4.27. The van der Waals surface area contributed by atoms with E-state index in [9.17, 15) is 9.59 Å². The number of hydrogen-bond donors (Lipinski definition) is 2. The van der Waals surface area contributed by atoms with Crippen molar-refractivity contribution in [2.24, 2.45) is 5.92 Å². The minimum Gasteiger partial charge on any atom is -0.481 e. The van der Waals surface area contributed by atoms with Crippen LogP contribution in [0, 0.1) is 12.8 Å². The van der Waals surface area contributed by atoms with Gasteiger partial charge in [-0.2, -0.15) is 0 Å². The van der Waals surface area contributed by atoms with Crippen LogP contribution in [0.5, 0.6) is 0 Å². The number of aryl methyl sites for hydroxylation is 2. The van der Waals surface area contributed by atoms with Crippen LogP contribution in [0.25, 0.3) is 0 Å². The van der Waals surface area contributed by atoms with Gasteiger partial charge in [0.05, 0.1) is 5.92 Å². The molecule has 0 spiro atoms. The Morgan fingerprint density at radius 3 is 2.80 bits per heavy atom. The van der Waals surface area contributed by atoms with Crippen LogP contribution in [0.15, 0.2) is 18.2 Å². The summed E-state index contributed by atoms with van der Waals surface area (Å²) in [6, 6.07) is 5.60. The second kappa shape index (κ2) is 5.94. The lowest BCUT2D eigenvalue weighted by Crippen LogP contribution is -2.33. The normalized spacial score (nSPS) is 18.1. The first-order valence-electron chi connectivity index (χ1n) is 6.89. The predicted molar refractivity (Wildman–Crippen MR) is 76.9 cm³/mol. The first-order valence-corrected chi connectivity index (χ1v) is 6.89. The molecular weight excluding hydrogens is 256 g/mol. The first-order chi connectivity index (χ1) is 9.51. The Morgan fingerprint density at radius 1 is 1.45 bits per heavy atom. The highest BCUT2D eigenvalue weighted by Gasteiger charge is 2.30. The molecule has 1 aromatic carbocycles. The molecule has 0 aromatic heterocycles. The second-order valence-corrected chi connectivity index (χ2v) is 5.19. The fraction of sp³-hybridized carbons (Fsp3) is 0.467. The van der Waals surface area contributed by atoms with Gasteiger partial charge in [0.1, 0.15) is 0 Å². The number of nitrogens with zero attached hydrogens (tertiary/aromatic N) is 1. The van der Waals surface area contributed by atoms with Crippen LogP contribution in [0.1, 0.15) is 24.5 Å². The number of carbonyl (C=O) groups is 2. The molecule has 2 amide bonds. The number of carboxylic acid groups (broad SMARTS) is 1. The van der Waals surface area contributed by atoms with Crippen LogP contribution in [0.2, 0.25) is 0 Å². The van der Waals surface area contributed by atoms with Crippen molar-refractivity contribution in [2.45, 2.75) is 26.7 Å². The zero-order valence-electron chi connectivity index (χ0n) is 11.8. The molecule has 1 unspecified atom stereocenters. The Balaban J connectivity index is 2.00. The topological polar surface area (TPSA) is 69.6 Å². The molecule has 0 saturated carbocycles. The summed E-state index contributed by atoms with van der Waals surface area (Å²) in [4.78, 5) is 24.5. The summed E-state index contributed by atoms with van der Waals surface area (Å²) < 4.78 is 0. The Morgan fingerprint density at radius 2 is 2.20 bits per heavy atom. The number of amides is 2. The van der Waals surface area contributed by atoms with Crippen LogP contribution < -0.4 is 5.32 Å². The van der Waals surface area contributed by atoms with E-state index in [0.717, 1.165) is 12.1 Å². The van der Waals surface area contributed by atoms with Gasteiger partial charge in [-0.15, -0.1) is 0 Å². The molecule has 108 valence electrons. The average molecular weight is 276 g/mol. The van der Waals surface area contributed by atoms with E-state index in [1.165, 1.54) is 11.1 Å². The molecule has 1 fully saturated rings. The molecule has 5 heteroatoms. The molecule has 1 aliphatic rings. The van der Waals surface area contributed by atoms with Gasteiger partial charge < -0.3 is 15.3 Å². The first kappa shape index (κ1) is 14.4. The largest absolute Gasteiger partial charge is 0.481 e. The zero-order chi connectivity index (χ0) is 14.7.